The number of hydrogen-bond acceptors (Lipinski definition) is 9. The average molecular weight is 566 g/mol. The fourth-order valence-electron chi connectivity index (χ4n) is 5.28. The van der Waals surface area contributed by atoms with Crippen LogP contribution < -0.4 is 4.87 Å². The van der Waals surface area contributed by atoms with Crippen molar-refractivity contribution in [3.8, 4) is 22.6 Å². The lowest BCUT2D eigenvalue weighted by atomic mass is 10.0. The Morgan fingerprint density at radius 2 is 1.82 bits per heavy atom. The van der Waals surface area contributed by atoms with Gasteiger partial charge in [-0.3, -0.25) is 23.9 Å². The molecule has 0 atom stereocenters. The van der Waals surface area contributed by atoms with Crippen LogP contribution in [0.25, 0.3) is 32.8 Å². The van der Waals surface area contributed by atoms with E-state index in [0.717, 1.165) is 60.5 Å². The third-order valence-electron chi connectivity index (χ3n) is 7.63. The first-order valence-corrected chi connectivity index (χ1v) is 13.9. The molecular formula is C27H25F2N7O3S. The van der Waals surface area contributed by atoms with Crippen molar-refractivity contribution in [2.24, 2.45) is 0 Å². The van der Waals surface area contributed by atoms with E-state index in [9.17, 15) is 13.6 Å². The van der Waals surface area contributed by atoms with Gasteiger partial charge in [0, 0.05) is 31.0 Å². The second kappa shape index (κ2) is 10.3. The predicted molar refractivity (Wildman–Crippen MR) is 143 cm³/mol. The Morgan fingerprint density at radius 1 is 1.00 bits per heavy atom. The van der Waals surface area contributed by atoms with Crippen LogP contribution in [0.4, 0.5) is 8.78 Å². The average Bonchev–Trinajstić information content (AvgIpc) is 3.68. The van der Waals surface area contributed by atoms with Gasteiger partial charge in [0.1, 0.15) is 0 Å². The Morgan fingerprint density at radius 3 is 2.52 bits per heavy atom. The minimum atomic E-state index is -2.83. The Kier molecular flexibility index (Phi) is 6.48. The molecule has 0 bridgehead atoms. The van der Waals surface area contributed by atoms with E-state index in [1.807, 2.05) is 24.4 Å². The van der Waals surface area contributed by atoms with Crippen molar-refractivity contribution >= 4 is 21.6 Å². The standard InChI is InChI=1S/C27H25F2N7O3S/c28-24(29)26-33-32-25(39-26)17-1-3-19(30-10-17)13-35-22-4-2-16(9-23(22)40-27(35)37)18-11-31-36(12-18)20-5-7-34(8-6-20)21-14-38-15-21/h1-4,9-12,20-21,24H,5-8,13-15H2. The fourth-order valence-corrected chi connectivity index (χ4v) is 6.21. The summed E-state index contributed by atoms with van der Waals surface area (Å²) in [6.45, 7) is 4.10. The minimum Gasteiger partial charge on any atom is -0.415 e. The van der Waals surface area contributed by atoms with Crippen molar-refractivity contribution in [2.75, 3.05) is 26.3 Å². The number of alkyl halides is 2. The molecule has 0 saturated carbocycles. The topological polar surface area (TPSA) is 104 Å². The van der Waals surface area contributed by atoms with Gasteiger partial charge >= 0.3 is 11.3 Å². The maximum absolute atomic E-state index is 12.9. The number of benzene rings is 1. The van der Waals surface area contributed by atoms with Crippen molar-refractivity contribution in [1.82, 2.24) is 34.4 Å². The second-order valence-electron chi connectivity index (χ2n) is 10.1. The molecule has 6 heterocycles. The smallest absolute Gasteiger partial charge is 0.314 e. The number of piperidine rings is 1. The molecule has 10 nitrogen and oxygen atoms in total. The number of ether oxygens (including phenoxy) is 1. The third-order valence-corrected chi connectivity index (χ3v) is 8.57. The van der Waals surface area contributed by atoms with Crippen molar-refractivity contribution in [3.05, 3.63) is 70.2 Å². The van der Waals surface area contributed by atoms with E-state index in [1.165, 1.54) is 17.5 Å². The summed E-state index contributed by atoms with van der Waals surface area (Å²) >= 11 is 1.19. The fraction of sp³-hybridized carbons (Fsp3) is 0.370. The van der Waals surface area contributed by atoms with Crippen LogP contribution in [0.2, 0.25) is 0 Å². The zero-order valence-corrected chi connectivity index (χ0v) is 22.1. The summed E-state index contributed by atoms with van der Waals surface area (Å²) in [5.41, 5.74) is 3.93. The van der Waals surface area contributed by atoms with Gasteiger partial charge < -0.3 is 9.15 Å². The maximum Gasteiger partial charge on any atom is 0.314 e. The molecule has 1 aromatic carbocycles. The molecule has 5 aromatic rings. The molecule has 0 spiro atoms. The number of nitrogens with zero attached hydrogens (tertiary/aromatic N) is 7. The van der Waals surface area contributed by atoms with Crippen LogP contribution in [0.3, 0.4) is 0 Å². The molecule has 0 N–H and O–H groups in total. The SMILES string of the molecule is O=c1sc2cc(-c3cnn(C4CCN(C5COC5)CC4)c3)ccc2n1Cc1ccc(-c2nnc(C(F)F)o2)cn1. The highest BCUT2D eigenvalue weighted by molar-refractivity contribution is 7.16. The van der Waals surface area contributed by atoms with Gasteiger partial charge in [-0.1, -0.05) is 17.4 Å². The highest BCUT2D eigenvalue weighted by Crippen LogP contribution is 2.30. The zero-order chi connectivity index (χ0) is 27.2. The van der Waals surface area contributed by atoms with Gasteiger partial charge in [0.25, 0.3) is 5.89 Å². The summed E-state index contributed by atoms with van der Waals surface area (Å²) in [6.07, 6.45) is 4.78. The number of rotatable bonds is 7. The first-order valence-electron chi connectivity index (χ1n) is 13.1. The highest BCUT2D eigenvalue weighted by atomic mass is 32.1. The molecule has 7 rings (SSSR count). The van der Waals surface area contributed by atoms with Crippen LogP contribution in [-0.2, 0) is 11.3 Å². The van der Waals surface area contributed by atoms with Crippen LogP contribution in [0.5, 0.6) is 0 Å². The summed E-state index contributed by atoms with van der Waals surface area (Å²) in [5, 5.41) is 11.6. The van der Waals surface area contributed by atoms with Gasteiger partial charge in [-0.2, -0.15) is 13.9 Å². The quantitative estimate of drug-likeness (QED) is 0.286. The Bertz CT molecular complexity index is 1700. The molecule has 2 fully saturated rings. The number of fused-ring (bicyclic) bond motifs is 1. The van der Waals surface area contributed by atoms with Crippen LogP contribution in [0, 0.1) is 0 Å². The van der Waals surface area contributed by atoms with Crippen molar-refractivity contribution in [2.45, 2.75) is 37.9 Å². The molecule has 4 aromatic heterocycles. The molecule has 40 heavy (non-hydrogen) atoms. The van der Waals surface area contributed by atoms with E-state index in [0.29, 0.717) is 23.3 Å². The first-order chi connectivity index (χ1) is 19.5. The summed E-state index contributed by atoms with van der Waals surface area (Å²) in [4.78, 5) is 19.7. The maximum atomic E-state index is 12.9. The van der Waals surface area contributed by atoms with Gasteiger partial charge in [-0.25, -0.2) is 0 Å². The van der Waals surface area contributed by atoms with Crippen molar-refractivity contribution < 1.29 is 17.9 Å². The lowest BCUT2D eigenvalue weighted by Crippen LogP contribution is -2.51. The monoisotopic (exact) mass is 565 g/mol. The second-order valence-corrected chi connectivity index (χ2v) is 11.1. The Labute approximate surface area is 230 Å². The summed E-state index contributed by atoms with van der Waals surface area (Å²) in [5.74, 6) is -0.764. The van der Waals surface area contributed by atoms with Gasteiger partial charge in [0.2, 0.25) is 5.89 Å². The molecular weight excluding hydrogens is 540 g/mol. The van der Waals surface area contributed by atoms with Crippen LogP contribution in [-0.4, -0.2) is 66.8 Å². The highest BCUT2D eigenvalue weighted by Gasteiger charge is 2.30. The van der Waals surface area contributed by atoms with Crippen LogP contribution in [0.1, 0.15) is 36.9 Å². The lowest BCUT2D eigenvalue weighted by molar-refractivity contribution is -0.0734. The zero-order valence-electron chi connectivity index (χ0n) is 21.3. The van der Waals surface area contributed by atoms with E-state index in [2.05, 4.69) is 36.1 Å². The van der Waals surface area contributed by atoms with Crippen molar-refractivity contribution in [3.63, 3.8) is 0 Å². The Hall–Kier alpha value is -3.81. The van der Waals surface area contributed by atoms with E-state index in [4.69, 9.17) is 9.15 Å². The molecule has 13 heteroatoms. The minimum absolute atomic E-state index is 0.0300. The van der Waals surface area contributed by atoms with Gasteiger partial charge in [-0.15, -0.1) is 10.2 Å². The number of likely N-dealkylation sites (tertiary alicyclic amines) is 1. The molecule has 0 unspecified atom stereocenters. The van der Waals surface area contributed by atoms with Gasteiger partial charge in [-0.05, 0) is 42.7 Å². The Balaban J connectivity index is 1.06. The van der Waals surface area contributed by atoms with E-state index < -0.39 is 12.3 Å². The number of thiazole rings is 1. The predicted octanol–water partition coefficient (Wildman–Crippen LogP) is 4.39. The molecule has 0 radical (unpaired) electrons. The first kappa shape index (κ1) is 25.2. The van der Waals surface area contributed by atoms with E-state index >= 15 is 0 Å². The summed E-state index contributed by atoms with van der Waals surface area (Å²) in [7, 11) is 0. The van der Waals surface area contributed by atoms with Crippen LogP contribution in [0.15, 0.2) is 58.1 Å². The molecule has 2 aliphatic heterocycles. The van der Waals surface area contributed by atoms with Gasteiger partial charge in [0.15, 0.2) is 0 Å². The van der Waals surface area contributed by atoms with E-state index in [1.54, 1.807) is 16.7 Å². The third kappa shape index (κ3) is 4.73. The van der Waals surface area contributed by atoms with Gasteiger partial charge in [0.05, 0.1) is 59.5 Å². The van der Waals surface area contributed by atoms with E-state index in [-0.39, 0.29) is 17.3 Å². The molecule has 2 aliphatic rings. The molecule has 206 valence electrons. The number of halogens is 2. The lowest BCUT2D eigenvalue weighted by Gasteiger charge is -2.41. The number of hydrogen-bond donors (Lipinski definition) is 0. The summed E-state index contributed by atoms with van der Waals surface area (Å²) in [6, 6.07) is 10.3. The summed E-state index contributed by atoms with van der Waals surface area (Å²) < 4.78 is 40.4. The number of aromatic nitrogens is 6. The molecule has 0 aliphatic carbocycles. The number of pyridine rings is 1. The molecule has 0 amide bonds. The normalized spacial score (nSPS) is 17.2. The largest absolute Gasteiger partial charge is 0.415 e. The van der Waals surface area contributed by atoms with Crippen molar-refractivity contribution in [1.29, 1.82) is 0 Å². The van der Waals surface area contributed by atoms with Crippen LogP contribution >= 0.6 is 11.3 Å². The molecule has 2 saturated heterocycles.